The molecule has 2 aromatic rings. The SMILES string of the molecule is Cc1sc(N)nc1-c1ccc(OC(F)(F)F)cc1. The molecule has 0 saturated carbocycles. The number of aryl methyl sites for hydroxylation is 1. The first-order valence-electron chi connectivity index (χ1n) is 4.94. The van der Waals surface area contributed by atoms with Gasteiger partial charge in [0, 0.05) is 10.4 Å². The topological polar surface area (TPSA) is 48.1 Å². The van der Waals surface area contributed by atoms with Crippen LogP contribution in [0.5, 0.6) is 5.75 Å². The Kier molecular flexibility index (Phi) is 3.16. The Bertz CT molecular complexity index is 548. The highest BCUT2D eigenvalue weighted by molar-refractivity contribution is 7.15. The third kappa shape index (κ3) is 2.92. The molecule has 0 radical (unpaired) electrons. The molecule has 1 aromatic carbocycles. The fraction of sp³-hybridized carbons (Fsp3) is 0.182. The molecular weight excluding hydrogens is 265 g/mol. The second-order valence-electron chi connectivity index (χ2n) is 3.53. The normalized spacial score (nSPS) is 11.6. The van der Waals surface area contributed by atoms with Crippen LogP contribution in [0.1, 0.15) is 4.88 Å². The predicted octanol–water partition coefficient (Wildman–Crippen LogP) is 3.60. The van der Waals surface area contributed by atoms with Crippen LogP contribution in [0.4, 0.5) is 18.3 Å². The van der Waals surface area contributed by atoms with Crippen LogP contribution in [0.15, 0.2) is 24.3 Å². The fourth-order valence-electron chi connectivity index (χ4n) is 1.50. The molecule has 0 aliphatic heterocycles. The lowest BCUT2D eigenvalue weighted by Crippen LogP contribution is -2.16. The average molecular weight is 274 g/mol. The van der Waals surface area contributed by atoms with E-state index in [0.29, 0.717) is 16.4 Å². The van der Waals surface area contributed by atoms with Crippen molar-refractivity contribution < 1.29 is 17.9 Å². The number of nitrogens with two attached hydrogens (primary N) is 1. The molecule has 0 saturated heterocycles. The minimum absolute atomic E-state index is 0.257. The van der Waals surface area contributed by atoms with Crippen LogP contribution < -0.4 is 10.5 Å². The summed E-state index contributed by atoms with van der Waals surface area (Å²) in [5.41, 5.74) is 6.94. The number of benzene rings is 1. The second-order valence-corrected chi connectivity index (χ2v) is 4.76. The van der Waals surface area contributed by atoms with Crippen LogP contribution in [0.2, 0.25) is 0 Å². The Morgan fingerprint density at radius 3 is 2.28 bits per heavy atom. The van der Waals surface area contributed by atoms with E-state index in [9.17, 15) is 13.2 Å². The summed E-state index contributed by atoms with van der Waals surface area (Å²) in [6, 6.07) is 5.53. The standard InChI is InChI=1S/C11H9F3N2OS/c1-6-9(16-10(15)18-6)7-2-4-8(5-3-7)17-11(12,13)14/h2-5H,1H3,(H2,15,16). The molecule has 0 spiro atoms. The van der Waals surface area contributed by atoms with Crippen LogP contribution in [0.3, 0.4) is 0 Å². The van der Waals surface area contributed by atoms with Gasteiger partial charge in [0.25, 0.3) is 0 Å². The summed E-state index contributed by atoms with van der Waals surface area (Å²) >= 11 is 1.33. The van der Waals surface area contributed by atoms with Crippen molar-refractivity contribution in [2.75, 3.05) is 5.73 Å². The highest BCUT2D eigenvalue weighted by Gasteiger charge is 2.31. The summed E-state index contributed by atoms with van der Waals surface area (Å²) in [6.45, 7) is 1.85. The molecule has 0 bridgehead atoms. The maximum absolute atomic E-state index is 12.0. The maximum atomic E-state index is 12.0. The third-order valence-corrected chi connectivity index (χ3v) is 2.97. The summed E-state index contributed by atoms with van der Waals surface area (Å²) in [5, 5.41) is 0.429. The lowest BCUT2D eigenvalue weighted by molar-refractivity contribution is -0.274. The Labute approximate surface area is 105 Å². The zero-order valence-corrected chi connectivity index (χ0v) is 10.1. The monoisotopic (exact) mass is 274 g/mol. The van der Waals surface area contributed by atoms with E-state index in [2.05, 4.69) is 9.72 Å². The molecule has 0 aliphatic carbocycles. The number of anilines is 1. The van der Waals surface area contributed by atoms with Gasteiger partial charge in [0.2, 0.25) is 0 Å². The first kappa shape index (κ1) is 12.7. The number of hydrogen-bond acceptors (Lipinski definition) is 4. The molecule has 0 atom stereocenters. The van der Waals surface area contributed by atoms with Crippen molar-refractivity contribution in [2.24, 2.45) is 0 Å². The van der Waals surface area contributed by atoms with Crippen molar-refractivity contribution >= 4 is 16.5 Å². The van der Waals surface area contributed by atoms with Gasteiger partial charge in [0.05, 0.1) is 5.69 Å². The van der Waals surface area contributed by atoms with E-state index in [1.807, 2.05) is 6.92 Å². The molecule has 3 nitrogen and oxygen atoms in total. The smallest absolute Gasteiger partial charge is 0.406 e. The van der Waals surface area contributed by atoms with Gasteiger partial charge >= 0.3 is 6.36 Å². The quantitative estimate of drug-likeness (QED) is 0.910. The van der Waals surface area contributed by atoms with Crippen LogP contribution >= 0.6 is 11.3 Å². The van der Waals surface area contributed by atoms with Gasteiger partial charge in [0.15, 0.2) is 5.13 Å². The Balaban J connectivity index is 2.25. The number of rotatable bonds is 2. The van der Waals surface area contributed by atoms with Crippen LogP contribution in [-0.2, 0) is 0 Å². The molecular formula is C11H9F3N2OS. The molecule has 0 aliphatic rings. The summed E-state index contributed by atoms with van der Waals surface area (Å²) < 4.78 is 39.7. The van der Waals surface area contributed by atoms with Crippen molar-refractivity contribution in [2.45, 2.75) is 13.3 Å². The highest BCUT2D eigenvalue weighted by Crippen LogP contribution is 2.30. The molecule has 0 unspecified atom stereocenters. The van der Waals surface area contributed by atoms with E-state index < -0.39 is 6.36 Å². The van der Waals surface area contributed by atoms with Crippen molar-refractivity contribution in [1.82, 2.24) is 4.98 Å². The maximum Gasteiger partial charge on any atom is 0.573 e. The fourth-order valence-corrected chi connectivity index (χ4v) is 2.21. The number of aromatic nitrogens is 1. The first-order valence-corrected chi connectivity index (χ1v) is 5.76. The molecule has 96 valence electrons. The van der Waals surface area contributed by atoms with Gasteiger partial charge in [-0.2, -0.15) is 0 Å². The summed E-state index contributed by atoms with van der Waals surface area (Å²) in [6.07, 6.45) is -4.68. The minimum Gasteiger partial charge on any atom is -0.406 e. The largest absolute Gasteiger partial charge is 0.573 e. The van der Waals surface area contributed by atoms with Crippen LogP contribution in [0.25, 0.3) is 11.3 Å². The van der Waals surface area contributed by atoms with E-state index in [-0.39, 0.29) is 5.75 Å². The lowest BCUT2D eigenvalue weighted by atomic mass is 10.1. The zero-order chi connectivity index (χ0) is 13.3. The van der Waals surface area contributed by atoms with Crippen LogP contribution in [-0.4, -0.2) is 11.3 Å². The van der Waals surface area contributed by atoms with Gasteiger partial charge < -0.3 is 10.5 Å². The van der Waals surface area contributed by atoms with E-state index >= 15 is 0 Å². The van der Waals surface area contributed by atoms with Crippen molar-refractivity contribution in [3.05, 3.63) is 29.1 Å². The Morgan fingerprint density at radius 2 is 1.83 bits per heavy atom. The number of thiazole rings is 1. The summed E-state index contributed by atoms with van der Waals surface area (Å²) in [7, 11) is 0. The van der Waals surface area contributed by atoms with Gasteiger partial charge in [0.1, 0.15) is 5.75 Å². The van der Waals surface area contributed by atoms with E-state index in [1.165, 1.54) is 35.6 Å². The predicted molar refractivity (Wildman–Crippen MR) is 63.4 cm³/mol. The number of nitrogens with zero attached hydrogens (tertiary/aromatic N) is 1. The van der Waals surface area contributed by atoms with Crippen molar-refractivity contribution in [1.29, 1.82) is 0 Å². The van der Waals surface area contributed by atoms with Gasteiger partial charge in [-0.3, -0.25) is 0 Å². The molecule has 0 fully saturated rings. The number of halogens is 3. The molecule has 1 heterocycles. The first-order chi connectivity index (χ1) is 8.35. The van der Waals surface area contributed by atoms with Gasteiger partial charge in [-0.05, 0) is 31.2 Å². The molecule has 18 heavy (non-hydrogen) atoms. The summed E-state index contributed by atoms with van der Waals surface area (Å²) in [5.74, 6) is -0.257. The zero-order valence-electron chi connectivity index (χ0n) is 9.28. The van der Waals surface area contributed by atoms with E-state index in [0.717, 1.165) is 4.88 Å². The van der Waals surface area contributed by atoms with Gasteiger partial charge in [-0.1, -0.05) is 0 Å². The van der Waals surface area contributed by atoms with Crippen molar-refractivity contribution in [3.8, 4) is 17.0 Å². The molecule has 2 rings (SSSR count). The lowest BCUT2D eigenvalue weighted by Gasteiger charge is -2.08. The van der Waals surface area contributed by atoms with Gasteiger partial charge in [-0.15, -0.1) is 24.5 Å². The molecule has 2 N–H and O–H groups in total. The average Bonchev–Trinajstić information content (AvgIpc) is 2.57. The van der Waals surface area contributed by atoms with Crippen molar-refractivity contribution in [3.63, 3.8) is 0 Å². The second kappa shape index (κ2) is 4.49. The van der Waals surface area contributed by atoms with E-state index in [1.54, 1.807) is 0 Å². The third-order valence-electron chi connectivity index (χ3n) is 2.17. The number of ether oxygens (including phenoxy) is 1. The molecule has 7 heteroatoms. The molecule has 0 amide bonds. The highest BCUT2D eigenvalue weighted by atomic mass is 32.1. The molecule has 1 aromatic heterocycles. The Hall–Kier alpha value is -1.76. The number of hydrogen-bond donors (Lipinski definition) is 1. The number of alkyl halides is 3. The minimum atomic E-state index is -4.68. The Morgan fingerprint density at radius 1 is 1.22 bits per heavy atom. The number of nitrogen functional groups attached to an aromatic ring is 1. The van der Waals surface area contributed by atoms with Crippen LogP contribution in [0, 0.1) is 6.92 Å². The van der Waals surface area contributed by atoms with Gasteiger partial charge in [-0.25, -0.2) is 4.98 Å². The van der Waals surface area contributed by atoms with E-state index in [4.69, 9.17) is 5.73 Å². The summed E-state index contributed by atoms with van der Waals surface area (Å²) in [4.78, 5) is 5.03.